The maximum absolute atomic E-state index is 13.4. The number of halogens is 2. The SMILES string of the molecule is N#CC[C@H](c1cc(F)ccc1Br)N1CCNCC1. The van der Waals surface area contributed by atoms with Gasteiger partial charge >= 0.3 is 0 Å². The zero-order chi connectivity index (χ0) is 13.0. The Bertz CT molecular complexity index is 452. The fraction of sp³-hybridized carbons (Fsp3) is 0.462. The van der Waals surface area contributed by atoms with Crippen molar-refractivity contribution in [3.63, 3.8) is 0 Å². The molecule has 1 aromatic rings. The highest BCUT2D eigenvalue weighted by atomic mass is 79.9. The van der Waals surface area contributed by atoms with Crippen molar-refractivity contribution in [2.45, 2.75) is 12.5 Å². The quantitative estimate of drug-likeness (QED) is 0.932. The van der Waals surface area contributed by atoms with Crippen molar-refractivity contribution in [2.24, 2.45) is 0 Å². The van der Waals surface area contributed by atoms with Gasteiger partial charge in [0.2, 0.25) is 0 Å². The maximum Gasteiger partial charge on any atom is 0.123 e. The lowest BCUT2D eigenvalue weighted by molar-refractivity contribution is 0.175. The van der Waals surface area contributed by atoms with Crippen LogP contribution in [0.5, 0.6) is 0 Å². The molecule has 1 aromatic carbocycles. The summed E-state index contributed by atoms with van der Waals surface area (Å²) in [6.45, 7) is 3.59. The molecule has 0 aromatic heterocycles. The van der Waals surface area contributed by atoms with Crippen LogP contribution in [0.1, 0.15) is 18.0 Å². The number of rotatable bonds is 3. The molecule has 0 bridgehead atoms. The van der Waals surface area contributed by atoms with E-state index in [1.165, 1.54) is 12.1 Å². The van der Waals surface area contributed by atoms with E-state index in [9.17, 15) is 4.39 Å². The average molecular weight is 312 g/mol. The Kier molecular flexibility index (Phi) is 4.70. The number of nitrogens with one attached hydrogen (secondary N) is 1. The molecular formula is C13H15BrFN3. The first kappa shape index (κ1) is 13.5. The molecule has 1 atom stereocenters. The summed E-state index contributed by atoms with van der Waals surface area (Å²) in [4.78, 5) is 2.24. The molecule has 0 saturated carbocycles. The standard InChI is InChI=1S/C13H15BrFN3/c14-12-2-1-10(15)9-11(12)13(3-4-16)18-7-5-17-6-8-18/h1-2,9,13,17H,3,5-8H2/t13-/m1/s1. The van der Waals surface area contributed by atoms with E-state index >= 15 is 0 Å². The van der Waals surface area contributed by atoms with Gasteiger partial charge in [0.25, 0.3) is 0 Å². The van der Waals surface area contributed by atoms with E-state index in [-0.39, 0.29) is 11.9 Å². The minimum absolute atomic E-state index is 0.0397. The molecule has 1 heterocycles. The fourth-order valence-corrected chi connectivity index (χ4v) is 2.80. The van der Waals surface area contributed by atoms with Crippen LogP contribution >= 0.6 is 15.9 Å². The molecule has 1 aliphatic rings. The molecule has 3 nitrogen and oxygen atoms in total. The van der Waals surface area contributed by atoms with Crippen LogP contribution in [-0.2, 0) is 0 Å². The summed E-state index contributed by atoms with van der Waals surface area (Å²) in [5.74, 6) is -0.258. The largest absolute Gasteiger partial charge is 0.314 e. The summed E-state index contributed by atoms with van der Waals surface area (Å²) in [6, 6.07) is 6.82. The Labute approximate surface area is 115 Å². The second kappa shape index (κ2) is 6.28. The summed E-state index contributed by atoms with van der Waals surface area (Å²) < 4.78 is 14.2. The van der Waals surface area contributed by atoms with Gasteiger partial charge < -0.3 is 5.32 Å². The molecule has 1 saturated heterocycles. The lowest BCUT2D eigenvalue weighted by Crippen LogP contribution is -2.45. The van der Waals surface area contributed by atoms with E-state index in [1.807, 2.05) is 0 Å². The van der Waals surface area contributed by atoms with Crippen LogP contribution in [0.4, 0.5) is 4.39 Å². The lowest BCUT2D eigenvalue weighted by atomic mass is 10.0. The topological polar surface area (TPSA) is 39.1 Å². The van der Waals surface area contributed by atoms with Gasteiger partial charge in [-0.3, -0.25) is 4.90 Å². The molecule has 2 rings (SSSR count). The molecule has 18 heavy (non-hydrogen) atoms. The first-order valence-electron chi connectivity index (χ1n) is 5.99. The average Bonchev–Trinajstić information content (AvgIpc) is 2.40. The van der Waals surface area contributed by atoms with Crippen molar-refractivity contribution >= 4 is 15.9 Å². The molecule has 1 aliphatic heterocycles. The van der Waals surface area contributed by atoms with Crippen LogP contribution in [0.2, 0.25) is 0 Å². The third-order valence-corrected chi connectivity index (χ3v) is 3.92. The second-order valence-electron chi connectivity index (χ2n) is 4.33. The van der Waals surface area contributed by atoms with Gasteiger partial charge in [0.1, 0.15) is 5.82 Å². The summed E-state index contributed by atoms with van der Waals surface area (Å²) >= 11 is 3.45. The summed E-state index contributed by atoms with van der Waals surface area (Å²) in [7, 11) is 0. The zero-order valence-corrected chi connectivity index (χ0v) is 11.6. The minimum Gasteiger partial charge on any atom is -0.314 e. The van der Waals surface area contributed by atoms with Crippen molar-refractivity contribution < 1.29 is 4.39 Å². The third kappa shape index (κ3) is 3.08. The Morgan fingerprint density at radius 3 is 2.83 bits per heavy atom. The lowest BCUT2D eigenvalue weighted by Gasteiger charge is -2.34. The van der Waals surface area contributed by atoms with E-state index in [4.69, 9.17) is 5.26 Å². The molecule has 0 spiro atoms. The maximum atomic E-state index is 13.4. The molecular weight excluding hydrogens is 297 g/mol. The second-order valence-corrected chi connectivity index (χ2v) is 5.18. The highest BCUT2D eigenvalue weighted by Gasteiger charge is 2.24. The Morgan fingerprint density at radius 1 is 1.44 bits per heavy atom. The van der Waals surface area contributed by atoms with Gasteiger partial charge in [0.15, 0.2) is 0 Å². The fourth-order valence-electron chi connectivity index (χ4n) is 2.29. The van der Waals surface area contributed by atoms with Gasteiger partial charge in [0, 0.05) is 36.7 Å². The number of nitriles is 1. The molecule has 1 fully saturated rings. The number of benzene rings is 1. The van der Waals surface area contributed by atoms with Crippen molar-refractivity contribution in [3.05, 3.63) is 34.1 Å². The van der Waals surface area contributed by atoms with Gasteiger partial charge in [-0.05, 0) is 23.8 Å². The molecule has 0 aliphatic carbocycles. The number of nitrogens with zero attached hydrogens (tertiary/aromatic N) is 2. The van der Waals surface area contributed by atoms with Crippen LogP contribution in [0, 0.1) is 17.1 Å². The van der Waals surface area contributed by atoms with Crippen molar-refractivity contribution in [3.8, 4) is 6.07 Å². The predicted octanol–water partition coefficient (Wildman–Crippen LogP) is 2.45. The van der Waals surface area contributed by atoms with Gasteiger partial charge in [-0.25, -0.2) is 4.39 Å². The Hall–Kier alpha value is -0.960. The molecule has 0 radical (unpaired) electrons. The predicted molar refractivity (Wildman–Crippen MR) is 71.5 cm³/mol. The highest BCUT2D eigenvalue weighted by molar-refractivity contribution is 9.10. The smallest absolute Gasteiger partial charge is 0.123 e. The van der Waals surface area contributed by atoms with Gasteiger partial charge in [-0.15, -0.1) is 0 Å². The minimum atomic E-state index is -0.258. The van der Waals surface area contributed by atoms with Gasteiger partial charge in [0.05, 0.1) is 12.5 Å². The molecule has 0 amide bonds. The van der Waals surface area contributed by atoms with E-state index in [2.05, 4.69) is 32.2 Å². The molecule has 96 valence electrons. The van der Waals surface area contributed by atoms with E-state index in [0.29, 0.717) is 6.42 Å². The summed E-state index contributed by atoms with van der Waals surface area (Å²) in [5.41, 5.74) is 0.860. The van der Waals surface area contributed by atoms with Crippen LogP contribution in [-0.4, -0.2) is 31.1 Å². The monoisotopic (exact) mass is 311 g/mol. The highest BCUT2D eigenvalue weighted by Crippen LogP contribution is 2.31. The summed E-state index contributed by atoms with van der Waals surface area (Å²) in [6.07, 6.45) is 0.377. The van der Waals surface area contributed by atoms with Crippen LogP contribution < -0.4 is 5.32 Å². The summed E-state index contributed by atoms with van der Waals surface area (Å²) in [5, 5.41) is 12.3. The molecule has 0 unspecified atom stereocenters. The Balaban J connectivity index is 2.28. The first-order valence-corrected chi connectivity index (χ1v) is 6.78. The Morgan fingerprint density at radius 2 is 2.17 bits per heavy atom. The first-order chi connectivity index (χ1) is 8.72. The van der Waals surface area contributed by atoms with Crippen molar-refractivity contribution in [2.75, 3.05) is 26.2 Å². The van der Waals surface area contributed by atoms with Crippen molar-refractivity contribution in [1.29, 1.82) is 5.26 Å². The van der Waals surface area contributed by atoms with E-state index in [0.717, 1.165) is 36.2 Å². The normalized spacial score (nSPS) is 18.3. The van der Waals surface area contributed by atoms with E-state index < -0.39 is 0 Å². The third-order valence-electron chi connectivity index (χ3n) is 3.19. The van der Waals surface area contributed by atoms with E-state index in [1.54, 1.807) is 6.07 Å². The molecule has 1 N–H and O–H groups in total. The van der Waals surface area contributed by atoms with Crippen LogP contribution in [0.25, 0.3) is 0 Å². The van der Waals surface area contributed by atoms with Gasteiger partial charge in [-0.1, -0.05) is 15.9 Å². The van der Waals surface area contributed by atoms with Crippen molar-refractivity contribution in [1.82, 2.24) is 10.2 Å². The molecule has 5 heteroatoms. The number of hydrogen-bond donors (Lipinski definition) is 1. The van der Waals surface area contributed by atoms with Crippen LogP contribution in [0.3, 0.4) is 0 Å². The zero-order valence-electron chi connectivity index (χ0n) is 10.00. The van der Waals surface area contributed by atoms with Crippen LogP contribution in [0.15, 0.2) is 22.7 Å². The number of piperazine rings is 1. The number of hydrogen-bond acceptors (Lipinski definition) is 3. The van der Waals surface area contributed by atoms with Gasteiger partial charge in [-0.2, -0.15) is 5.26 Å².